The highest BCUT2D eigenvalue weighted by molar-refractivity contribution is 5.95. The van der Waals surface area contributed by atoms with E-state index in [0.717, 1.165) is 31.5 Å². The predicted molar refractivity (Wildman–Crippen MR) is 71.3 cm³/mol. The van der Waals surface area contributed by atoms with Gasteiger partial charge in [0.2, 0.25) is 0 Å². The van der Waals surface area contributed by atoms with Crippen LogP contribution >= 0.6 is 0 Å². The monoisotopic (exact) mass is 248 g/mol. The van der Waals surface area contributed by atoms with E-state index in [1.807, 2.05) is 24.0 Å². The second-order valence-electron chi connectivity index (χ2n) is 4.99. The second-order valence-corrected chi connectivity index (χ2v) is 4.99. The Hall–Kier alpha value is -1.55. The van der Waals surface area contributed by atoms with Gasteiger partial charge in [0.15, 0.2) is 0 Å². The molecule has 1 amide bonds. The summed E-state index contributed by atoms with van der Waals surface area (Å²) >= 11 is 0. The van der Waals surface area contributed by atoms with E-state index < -0.39 is 0 Å². The number of likely N-dealkylation sites (tertiary alicyclic amines) is 1. The molecule has 0 aromatic heterocycles. The molecule has 1 aromatic carbocycles. The first-order valence-corrected chi connectivity index (χ1v) is 6.38. The molecule has 0 saturated carbocycles. The van der Waals surface area contributed by atoms with Gasteiger partial charge in [-0.2, -0.15) is 0 Å². The third kappa shape index (κ3) is 2.64. The molecule has 18 heavy (non-hydrogen) atoms. The first-order chi connectivity index (χ1) is 8.61. The van der Waals surface area contributed by atoms with Crippen molar-refractivity contribution < 1.29 is 9.90 Å². The lowest BCUT2D eigenvalue weighted by atomic mass is 9.97. The highest BCUT2D eigenvalue weighted by Crippen LogP contribution is 2.20. The molecular weight excluding hydrogens is 228 g/mol. The largest absolute Gasteiger partial charge is 0.398 e. The zero-order chi connectivity index (χ0) is 13.1. The topological polar surface area (TPSA) is 66.6 Å². The van der Waals surface area contributed by atoms with Gasteiger partial charge in [-0.05, 0) is 43.4 Å². The van der Waals surface area contributed by atoms with E-state index >= 15 is 0 Å². The van der Waals surface area contributed by atoms with Gasteiger partial charge in [0, 0.05) is 30.9 Å². The summed E-state index contributed by atoms with van der Waals surface area (Å²) < 4.78 is 0. The number of hydrogen-bond donors (Lipinski definition) is 2. The van der Waals surface area contributed by atoms with Crippen molar-refractivity contribution in [3.63, 3.8) is 0 Å². The van der Waals surface area contributed by atoms with E-state index in [1.165, 1.54) is 0 Å². The van der Waals surface area contributed by atoms with E-state index in [9.17, 15) is 4.79 Å². The molecule has 1 aromatic rings. The van der Waals surface area contributed by atoms with E-state index in [2.05, 4.69) is 0 Å². The minimum absolute atomic E-state index is 0.0399. The van der Waals surface area contributed by atoms with Crippen LogP contribution in [0.4, 0.5) is 5.69 Å². The molecule has 1 heterocycles. The van der Waals surface area contributed by atoms with E-state index in [1.54, 1.807) is 6.07 Å². The zero-order valence-corrected chi connectivity index (χ0v) is 10.7. The number of carbonyl (C=O) groups excluding carboxylic acids is 1. The van der Waals surface area contributed by atoms with Crippen LogP contribution in [-0.2, 0) is 0 Å². The molecule has 4 nitrogen and oxygen atoms in total. The van der Waals surface area contributed by atoms with Crippen LogP contribution in [0, 0.1) is 12.8 Å². The Bertz CT molecular complexity index is 437. The number of nitrogen functional groups attached to an aromatic ring is 1. The fourth-order valence-corrected chi connectivity index (χ4v) is 2.27. The van der Waals surface area contributed by atoms with Gasteiger partial charge in [-0.15, -0.1) is 0 Å². The molecule has 0 aliphatic carbocycles. The molecule has 1 aliphatic heterocycles. The standard InChI is InChI=1S/C14H20N2O2/c1-10-2-3-12(8-13(10)15)14(18)16-6-4-11(9-17)5-7-16/h2-3,8,11,17H,4-7,9,15H2,1H3. The van der Waals surface area contributed by atoms with Crippen LogP contribution in [-0.4, -0.2) is 35.6 Å². The number of benzene rings is 1. The molecule has 1 aliphatic rings. The van der Waals surface area contributed by atoms with Crippen LogP contribution in [0.2, 0.25) is 0 Å². The van der Waals surface area contributed by atoms with Crippen molar-refractivity contribution >= 4 is 11.6 Å². The smallest absolute Gasteiger partial charge is 0.253 e. The van der Waals surface area contributed by atoms with Crippen LogP contribution in [0.5, 0.6) is 0 Å². The molecule has 0 bridgehead atoms. The third-order valence-corrected chi connectivity index (χ3v) is 3.69. The number of anilines is 1. The lowest BCUT2D eigenvalue weighted by molar-refractivity contribution is 0.0651. The van der Waals surface area contributed by atoms with E-state index in [4.69, 9.17) is 10.8 Å². The highest BCUT2D eigenvalue weighted by atomic mass is 16.3. The Morgan fingerprint density at radius 1 is 1.44 bits per heavy atom. The summed E-state index contributed by atoms with van der Waals surface area (Å²) in [6.07, 6.45) is 1.76. The lowest BCUT2D eigenvalue weighted by Gasteiger charge is -2.31. The molecule has 0 atom stereocenters. The predicted octanol–water partition coefficient (Wildman–Crippen LogP) is 1.42. The van der Waals surface area contributed by atoms with Crippen molar-refractivity contribution in [3.05, 3.63) is 29.3 Å². The van der Waals surface area contributed by atoms with Crippen molar-refractivity contribution in [2.45, 2.75) is 19.8 Å². The number of nitrogens with zero attached hydrogens (tertiary/aromatic N) is 1. The van der Waals surface area contributed by atoms with Gasteiger partial charge >= 0.3 is 0 Å². The molecule has 0 spiro atoms. The highest BCUT2D eigenvalue weighted by Gasteiger charge is 2.23. The van der Waals surface area contributed by atoms with Gasteiger partial charge in [0.05, 0.1) is 0 Å². The SMILES string of the molecule is Cc1ccc(C(=O)N2CCC(CO)CC2)cc1N. The molecule has 1 saturated heterocycles. The quantitative estimate of drug-likeness (QED) is 0.778. The number of hydrogen-bond acceptors (Lipinski definition) is 3. The summed E-state index contributed by atoms with van der Waals surface area (Å²) in [6, 6.07) is 5.45. The fourth-order valence-electron chi connectivity index (χ4n) is 2.27. The summed E-state index contributed by atoms with van der Waals surface area (Å²) in [4.78, 5) is 14.1. The summed E-state index contributed by atoms with van der Waals surface area (Å²) in [5.74, 6) is 0.384. The van der Waals surface area contributed by atoms with Crippen LogP contribution in [0.3, 0.4) is 0 Å². The third-order valence-electron chi connectivity index (χ3n) is 3.69. The number of nitrogens with two attached hydrogens (primary N) is 1. The van der Waals surface area contributed by atoms with Gasteiger partial charge in [0.1, 0.15) is 0 Å². The maximum absolute atomic E-state index is 12.3. The minimum Gasteiger partial charge on any atom is -0.398 e. The van der Waals surface area contributed by atoms with Crippen LogP contribution < -0.4 is 5.73 Å². The van der Waals surface area contributed by atoms with Gasteiger partial charge in [0.25, 0.3) is 5.91 Å². The van der Waals surface area contributed by atoms with E-state index in [-0.39, 0.29) is 12.5 Å². The Morgan fingerprint density at radius 2 is 2.11 bits per heavy atom. The normalized spacial score (nSPS) is 16.9. The van der Waals surface area contributed by atoms with Crippen LogP contribution in [0.15, 0.2) is 18.2 Å². The zero-order valence-electron chi connectivity index (χ0n) is 10.7. The molecule has 0 radical (unpaired) electrons. The number of piperidine rings is 1. The first-order valence-electron chi connectivity index (χ1n) is 6.38. The molecule has 3 N–H and O–H groups in total. The number of aliphatic hydroxyl groups excluding tert-OH is 1. The Labute approximate surface area is 107 Å². The molecule has 4 heteroatoms. The summed E-state index contributed by atoms with van der Waals surface area (Å²) in [5.41, 5.74) is 8.13. The number of carbonyl (C=O) groups is 1. The average molecular weight is 248 g/mol. The number of aliphatic hydroxyl groups is 1. The van der Waals surface area contributed by atoms with Crippen molar-refractivity contribution in [3.8, 4) is 0 Å². The number of rotatable bonds is 2. The summed E-state index contributed by atoms with van der Waals surface area (Å²) in [7, 11) is 0. The number of aryl methyl sites for hydroxylation is 1. The summed E-state index contributed by atoms with van der Waals surface area (Å²) in [6.45, 7) is 3.59. The molecular formula is C14H20N2O2. The van der Waals surface area contributed by atoms with Crippen LogP contribution in [0.1, 0.15) is 28.8 Å². The molecule has 2 rings (SSSR count). The Balaban J connectivity index is 2.05. The Kier molecular flexibility index (Phi) is 3.87. The van der Waals surface area contributed by atoms with Crippen LogP contribution in [0.25, 0.3) is 0 Å². The minimum atomic E-state index is 0.0399. The molecule has 0 unspecified atom stereocenters. The van der Waals surface area contributed by atoms with Crippen molar-refractivity contribution in [1.29, 1.82) is 0 Å². The van der Waals surface area contributed by atoms with E-state index in [0.29, 0.717) is 17.2 Å². The molecule has 1 fully saturated rings. The van der Waals surface area contributed by atoms with Gasteiger partial charge < -0.3 is 15.7 Å². The maximum atomic E-state index is 12.3. The lowest BCUT2D eigenvalue weighted by Crippen LogP contribution is -2.39. The first kappa shape index (κ1) is 12.9. The Morgan fingerprint density at radius 3 is 2.67 bits per heavy atom. The van der Waals surface area contributed by atoms with Crippen molar-refractivity contribution in [2.75, 3.05) is 25.4 Å². The van der Waals surface area contributed by atoms with Crippen molar-refractivity contribution in [1.82, 2.24) is 4.90 Å². The van der Waals surface area contributed by atoms with Gasteiger partial charge in [-0.3, -0.25) is 4.79 Å². The maximum Gasteiger partial charge on any atom is 0.253 e. The molecule has 98 valence electrons. The van der Waals surface area contributed by atoms with Gasteiger partial charge in [-0.25, -0.2) is 0 Å². The average Bonchev–Trinajstić information content (AvgIpc) is 2.41. The fraction of sp³-hybridized carbons (Fsp3) is 0.500. The van der Waals surface area contributed by atoms with Crippen molar-refractivity contribution in [2.24, 2.45) is 5.92 Å². The summed E-state index contributed by atoms with van der Waals surface area (Å²) in [5, 5.41) is 9.08. The number of amides is 1. The van der Waals surface area contributed by atoms with Gasteiger partial charge in [-0.1, -0.05) is 6.07 Å². The second kappa shape index (κ2) is 5.40.